The van der Waals surface area contributed by atoms with E-state index in [4.69, 9.17) is 0 Å². The number of hydrogen-bond acceptors (Lipinski definition) is 4. The minimum absolute atomic E-state index is 0.0381. The van der Waals surface area contributed by atoms with Crippen molar-refractivity contribution in [2.75, 3.05) is 11.4 Å². The van der Waals surface area contributed by atoms with Gasteiger partial charge in [0.25, 0.3) is 11.8 Å². The van der Waals surface area contributed by atoms with Gasteiger partial charge in [0.15, 0.2) is 5.82 Å². The molecule has 0 saturated carbocycles. The number of benzene rings is 2. The zero-order valence-corrected chi connectivity index (χ0v) is 18.2. The summed E-state index contributed by atoms with van der Waals surface area (Å²) < 4.78 is 1.81. The highest BCUT2D eigenvalue weighted by atomic mass is 16.2. The third-order valence-electron chi connectivity index (χ3n) is 5.37. The first-order chi connectivity index (χ1) is 14.8. The van der Waals surface area contributed by atoms with Crippen LogP contribution in [-0.2, 0) is 0 Å². The average Bonchev–Trinajstić information content (AvgIpc) is 3.38. The molecule has 0 radical (unpaired) electrons. The van der Waals surface area contributed by atoms with E-state index in [-0.39, 0.29) is 29.8 Å². The van der Waals surface area contributed by atoms with Crippen LogP contribution < -0.4 is 10.2 Å². The number of hydrogen-bond donors (Lipinski definition) is 1. The molecule has 1 aliphatic rings. The zero-order valence-electron chi connectivity index (χ0n) is 18.2. The van der Waals surface area contributed by atoms with E-state index in [2.05, 4.69) is 15.4 Å². The van der Waals surface area contributed by atoms with Gasteiger partial charge in [-0.05, 0) is 63.6 Å². The molecule has 2 heterocycles. The van der Waals surface area contributed by atoms with Crippen molar-refractivity contribution in [2.24, 2.45) is 0 Å². The average molecular weight is 418 g/mol. The van der Waals surface area contributed by atoms with E-state index in [1.165, 1.54) is 0 Å². The largest absolute Gasteiger partial charge is 0.350 e. The van der Waals surface area contributed by atoms with E-state index in [0.29, 0.717) is 23.5 Å². The molecular weight excluding hydrogens is 390 g/mol. The third kappa shape index (κ3) is 4.08. The maximum absolute atomic E-state index is 13.3. The van der Waals surface area contributed by atoms with Crippen molar-refractivity contribution < 1.29 is 9.59 Å². The first-order valence-electron chi connectivity index (χ1n) is 10.6. The Bertz CT molecular complexity index is 1100. The summed E-state index contributed by atoms with van der Waals surface area (Å²) in [5, 5.41) is 7.58. The van der Waals surface area contributed by atoms with Crippen molar-refractivity contribution >= 4 is 17.5 Å². The summed E-state index contributed by atoms with van der Waals surface area (Å²) in [5.74, 6) is 0.242. The Hall–Kier alpha value is -3.48. The Kier molecular flexibility index (Phi) is 5.59. The third-order valence-corrected chi connectivity index (χ3v) is 5.37. The molecule has 1 atom stereocenters. The van der Waals surface area contributed by atoms with E-state index < -0.39 is 0 Å². The van der Waals surface area contributed by atoms with Gasteiger partial charge in [0.05, 0.1) is 5.92 Å². The molecule has 7 nitrogen and oxygen atoms in total. The van der Waals surface area contributed by atoms with Crippen LogP contribution in [0.5, 0.6) is 0 Å². The molecule has 0 bridgehead atoms. The molecular formula is C24H27N5O2. The molecule has 0 unspecified atom stereocenters. The highest BCUT2D eigenvalue weighted by molar-refractivity contribution is 6.08. The van der Waals surface area contributed by atoms with Crippen LogP contribution in [0, 0.1) is 0 Å². The Morgan fingerprint density at radius 1 is 1.03 bits per heavy atom. The SMILES string of the molecule is CC(C)NC(=O)c1ccc2c(c1)[C@@H](c1ncn(C(C)C)n1)CN2C(=O)c1ccccc1. The van der Waals surface area contributed by atoms with Gasteiger partial charge in [0.2, 0.25) is 0 Å². The summed E-state index contributed by atoms with van der Waals surface area (Å²) in [5.41, 5.74) is 2.87. The fourth-order valence-corrected chi connectivity index (χ4v) is 3.79. The molecule has 7 heteroatoms. The van der Waals surface area contributed by atoms with Crippen LogP contribution in [-0.4, -0.2) is 39.2 Å². The van der Waals surface area contributed by atoms with Crippen LogP contribution in [0.25, 0.3) is 0 Å². The van der Waals surface area contributed by atoms with Crippen LogP contribution in [0.4, 0.5) is 5.69 Å². The lowest BCUT2D eigenvalue weighted by Crippen LogP contribution is -2.30. The van der Waals surface area contributed by atoms with E-state index >= 15 is 0 Å². The van der Waals surface area contributed by atoms with E-state index in [1.54, 1.807) is 17.3 Å². The zero-order chi connectivity index (χ0) is 22.1. The van der Waals surface area contributed by atoms with Crippen molar-refractivity contribution in [3.05, 3.63) is 77.4 Å². The molecule has 2 aromatic carbocycles. The van der Waals surface area contributed by atoms with Gasteiger partial charge in [0.1, 0.15) is 6.33 Å². The summed E-state index contributed by atoms with van der Waals surface area (Å²) in [4.78, 5) is 32.1. The number of nitrogens with zero attached hydrogens (tertiary/aromatic N) is 4. The normalized spacial score (nSPS) is 15.4. The summed E-state index contributed by atoms with van der Waals surface area (Å²) in [7, 11) is 0. The molecule has 1 N–H and O–H groups in total. The van der Waals surface area contributed by atoms with E-state index in [9.17, 15) is 9.59 Å². The second-order valence-electron chi connectivity index (χ2n) is 8.41. The number of rotatable bonds is 5. The molecule has 3 aromatic rings. The standard InChI is InChI=1S/C24H27N5O2/c1-15(2)26-23(30)18-10-11-21-19(12-18)20(22-25-14-29(27-22)16(3)4)13-28(21)24(31)17-8-6-5-7-9-17/h5-12,14-16,20H,13H2,1-4H3,(H,26,30)/t20-/m0/s1. The Morgan fingerprint density at radius 2 is 1.77 bits per heavy atom. The van der Waals surface area contributed by atoms with Gasteiger partial charge in [-0.1, -0.05) is 18.2 Å². The number of aromatic nitrogens is 3. The van der Waals surface area contributed by atoms with Crippen molar-refractivity contribution in [1.82, 2.24) is 20.1 Å². The fourth-order valence-electron chi connectivity index (χ4n) is 3.79. The number of nitrogens with one attached hydrogen (secondary N) is 1. The highest BCUT2D eigenvalue weighted by Gasteiger charge is 2.36. The summed E-state index contributed by atoms with van der Waals surface area (Å²) >= 11 is 0. The molecule has 0 spiro atoms. The van der Waals surface area contributed by atoms with Crippen molar-refractivity contribution in [3.8, 4) is 0 Å². The molecule has 4 rings (SSSR count). The minimum atomic E-state index is -0.200. The lowest BCUT2D eigenvalue weighted by molar-refractivity contribution is 0.0942. The quantitative estimate of drug-likeness (QED) is 0.685. The fraction of sp³-hybridized carbons (Fsp3) is 0.333. The number of carbonyl (C=O) groups is 2. The first kappa shape index (κ1) is 20.8. The minimum Gasteiger partial charge on any atom is -0.350 e. The lowest BCUT2D eigenvalue weighted by Gasteiger charge is -2.18. The molecule has 0 fully saturated rings. The van der Waals surface area contributed by atoms with E-state index in [0.717, 1.165) is 11.3 Å². The Labute approximate surface area is 182 Å². The number of amides is 2. The van der Waals surface area contributed by atoms with E-state index in [1.807, 2.05) is 74.8 Å². The smallest absolute Gasteiger partial charge is 0.258 e. The van der Waals surface area contributed by atoms with Crippen molar-refractivity contribution in [3.63, 3.8) is 0 Å². The van der Waals surface area contributed by atoms with Crippen molar-refractivity contribution in [1.29, 1.82) is 0 Å². The van der Waals surface area contributed by atoms with Crippen molar-refractivity contribution in [2.45, 2.75) is 45.7 Å². The number of carbonyl (C=O) groups excluding carboxylic acids is 2. The molecule has 2 amide bonds. The second-order valence-corrected chi connectivity index (χ2v) is 8.41. The predicted molar refractivity (Wildman–Crippen MR) is 119 cm³/mol. The highest BCUT2D eigenvalue weighted by Crippen LogP contribution is 2.40. The number of anilines is 1. The van der Waals surface area contributed by atoms with Crippen LogP contribution >= 0.6 is 0 Å². The first-order valence-corrected chi connectivity index (χ1v) is 10.6. The molecule has 0 saturated heterocycles. The summed E-state index contributed by atoms with van der Waals surface area (Å²) in [6.07, 6.45) is 1.72. The van der Waals surface area contributed by atoms with Gasteiger partial charge in [-0.2, -0.15) is 5.10 Å². The topological polar surface area (TPSA) is 80.1 Å². The molecule has 0 aliphatic carbocycles. The summed E-state index contributed by atoms with van der Waals surface area (Å²) in [6.45, 7) is 8.37. The van der Waals surface area contributed by atoms with Gasteiger partial charge >= 0.3 is 0 Å². The monoisotopic (exact) mass is 417 g/mol. The van der Waals surface area contributed by atoms with Crippen LogP contribution in [0.1, 0.15) is 71.8 Å². The Balaban J connectivity index is 1.75. The van der Waals surface area contributed by atoms with Gasteiger partial charge in [-0.25, -0.2) is 4.98 Å². The second kappa shape index (κ2) is 8.34. The lowest BCUT2D eigenvalue weighted by atomic mass is 9.98. The van der Waals surface area contributed by atoms with Gasteiger partial charge in [-0.3, -0.25) is 14.3 Å². The molecule has 1 aromatic heterocycles. The Morgan fingerprint density at radius 3 is 2.42 bits per heavy atom. The molecule has 1 aliphatic heterocycles. The maximum atomic E-state index is 13.3. The van der Waals surface area contributed by atoms with Gasteiger partial charge in [0, 0.05) is 35.4 Å². The van der Waals surface area contributed by atoms with Crippen LogP contribution in [0.2, 0.25) is 0 Å². The van der Waals surface area contributed by atoms with Gasteiger partial charge < -0.3 is 10.2 Å². The number of fused-ring (bicyclic) bond motifs is 1. The molecule has 160 valence electrons. The maximum Gasteiger partial charge on any atom is 0.258 e. The summed E-state index contributed by atoms with van der Waals surface area (Å²) in [6, 6.07) is 14.9. The van der Waals surface area contributed by atoms with Crippen LogP contribution in [0.15, 0.2) is 54.9 Å². The predicted octanol–water partition coefficient (Wildman–Crippen LogP) is 3.79. The molecule has 31 heavy (non-hydrogen) atoms. The van der Waals surface area contributed by atoms with Gasteiger partial charge in [-0.15, -0.1) is 0 Å². The van der Waals surface area contributed by atoms with Crippen LogP contribution in [0.3, 0.4) is 0 Å².